The normalized spacial score (nSPS) is 23.6. The van der Waals surface area contributed by atoms with Crippen molar-refractivity contribution in [3.05, 3.63) is 0 Å². The van der Waals surface area contributed by atoms with E-state index in [1.165, 1.54) is 32.5 Å². The molecule has 0 aromatic carbocycles. The minimum Gasteiger partial charge on any atom is -0.316 e. The van der Waals surface area contributed by atoms with Crippen molar-refractivity contribution in [3.63, 3.8) is 0 Å². The first-order chi connectivity index (χ1) is 7.60. The Kier molecular flexibility index (Phi) is 5.73. The summed E-state index contributed by atoms with van der Waals surface area (Å²) in [5, 5.41) is 3.35. The van der Waals surface area contributed by atoms with Crippen molar-refractivity contribution >= 4 is 0 Å². The summed E-state index contributed by atoms with van der Waals surface area (Å²) in [5.41, 5.74) is 0. The number of hydrogen-bond donors (Lipinski definition) is 1. The summed E-state index contributed by atoms with van der Waals surface area (Å²) in [7, 11) is 4.33. The Morgan fingerprint density at radius 1 is 1.31 bits per heavy atom. The third-order valence-corrected chi connectivity index (χ3v) is 4.40. The molecule has 0 bridgehead atoms. The highest BCUT2D eigenvalue weighted by molar-refractivity contribution is 4.83. The minimum absolute atomic E-state index is 0.564. The second-order valence-electron chi connectivity index (χ2n) is 5.15. The zero-order valence-electron chi connectivity index (χ0n) is 11.7. The fraction of sp³-hybridized carbons (Fsp3) is 1.00. The summed E-state index contributed by atoms with van der Waals surface area (Å²) in [5.74, 6) is 0. The van der Waals surface area contributed by atoms with E-state index in [-0.39, 0.29) is 0 Å². The number of likely N-dealkylation sites (N-methyl/N-ethyl adjacent to an activating group) is 2. The Morgan fingerprint density at radius 2 is 1.88 bits per heavy atom. The summed E-state index contributed by atoms with van der Waals surface area (Å²) in [6.07, 6.45) is 2.65. The van der Waals surface area contributed by atoms with Crippen LogP contribution in [0.15, 0.2) is 0 Å². The third kappa shape index (κ3) is 3.44. The Balaban J connectivity index is 2.40. The van der Waals surface area contributed by atoms with E-state index in [1.807, 2.05) is 0 Å². The molecule has 0 spiro atoms. The SMILES string of the molecule is CCN1CCC(N(C)C(C)C(C)NC)CC1. The maximum atomic E-state index is 3.35. The quantitative estimate of drug-likeness (QED) is 0.766. The Hall–Kier alpha value is -0.120. The molecule has 96 valence electrons. The van der Waals surface area contributed by atoms with E-state index < -0.39 is 0 Å². The van der Waals surface area contributed by atoms with Crippen molar-refractivity contribution in [1.82, 2.24) is 15.1 Å². The molecule has 0 radical (unpaired) electrons. The van der Waals surface area contributed by atoms with Crippen molar-refractivity contribution in [2.75, 3.05) is 33.7 Å². The van der Waals surface area contributed by atoms with E-state index in [0.29, 0.717) is 12.1 Å². The minimum atomic E-state index is 0.564. The van der Waals surface area contributed by atoms with Crippen molar-refractivity contribution < 1.29 is 0 Å². The van der Waals surface area contributed by atoms with Crippen LogP contribution in [-0.2, 0) is 0 Å². The van der Waals surface area contributed by atoms with Gasteiger partial charge in [0.25, 0.3) is 0 Å². The average Bonchev–Trinajstić information content (AvgIpc) is 2.36. The van der Waals surface area contributed by atoms with Crippen molar-refractivity contribution in [2.24, 2.45) is 0 Å². The molecule has 0 aromatic rings. The van der Waals surface area contributed by atoms with E-state index in [9.17, 15) is 0 Å². The Labute approximate surface area is 101 Å². The second kappa shape index (κ2) is 6.58. The molecule has 1 saturated heterocycles. The summed E-state index contributed by atoms with van der Waals surface area (Å²) < 4.78 is 0. The van der Waals surface area contributed by atoms with Gasteiger partial charge < -0.3 is 10.2 Å². The standard InChI is InChI=1S/C13H29N3/c1-6-16-9-7-13(8-10-16)15(5)12(3)11(2)14-4/h11-14H,6-10H2,1-5H3. The summed E-state index contributed by atoms with van der Waals surface area (Å²) in [4.78, 5) is 5.12. The zero-order chi connectivity index (χ0) is 12.1. The Morgan fingerprint density at radius 3 is 2.31 bits per heavy atom. The monoisotopic (exact) mass is 227 g/mol. The van der Waals surface area contributed by atoms with Crippen LogP contribution in [0.3, 0.4) is 0 Å². The number of hydrogen-bond acceptors (Lipinski definition) is 3. The van der Waals surface area contributed by atoms with E-state index in [1.54, 1.807) is 0 Å². The molecule has 16 heavy (non-hydrogen) atoms. The zero-order valence-corrected chi connectivity index (χ0v) is 11.7. The number of nitrogens with zero attached hydrogens (tertiary/aromatic N) is 2. The van der Waals surface area contributed by atoms with Gasteiger partial charge in [-0.2, -0.15) is 0 Å². The smallest absolute Gasteiger partial charge is 0.0218 e. The first-order valence-corrected chi connectivity index (χ1v) is 6.71. The van der Waals surface area contributed by atoms with Crippen LogP contribution in [-0.4, -0.2) is 61.7 Å². The van der Waals surface area contributed by atoms with E-state index in [0.717, 1.165) is 6.04 Å². The van der Waals surface area contributed by atoms with Gasteiger partial charge in [-0.25, -0.2) is 0 Å². The fourth-order valence-electron chi connectivity index (χ4n) is 2.57. The number of rotatable bonds is 5. The largest absolute Gasteiger partial charge is 0.316 e. The van der Waals surface area contributed by atoms with Crippen LogP contribution < -0.4 is 5.32 Å². The molecular formula is C13H29N3. The predicted octanol–water partition coefficient (Wildman–Crippen LogP) is 1.40. The van der Waals surface area contributed by atoms with Crippen LogP contribution in [0, 0.1) is 0 Å². The molecule has 1 fully saturated rings. The van der Waals surface area contributed by atoms with Gasteiger partial charge in [0.05, 0.1) is 0 Å². The van der Waals surface area contributed by atoms with Crippen LogP contribution in [0.5, 0.6) is 0 Å². The van der Waals surface area contributed by atoms with Gasteiger partial charge in [0.2, 0.25) is 0 Å². The molecule has 3 nitrogen and oxygen atoms in total. The molecular weight excluding hydrogens is 198 g/mol. The summed E-state index contributed by atoms with van der Waals surface area (Å²) in [6, 6.07) is 1.95. The third-order valence-electron chi connectivity index (χ3n) is 4.40. The lowest BCUT2D eigenvalue weighted by molar-refractivity contribution is 0.0924. The topological polar surface area (TPSA) is 18.5 Å². The first kappa shape index (κ1) is 13.9. The van der Waals surface area contributed by atoms with Crippen molar-refractivity contribution in [2.45, 2.75) is 51.7 Å². The molecule has 0 amide bonds. The van der Waals surface area contributed by atoms with Crippen LogP contribution in [0.4, 0.5) is 0 Å². The lowest BCUT2D eigenvalue weighted by Crippen LogP contribution is -2.51. The number of likely N-dealkylation sites (tertiary alicyclic amines) is 1. The molecule has 1 rings (SSSR count). The summed E-state index contributed by atoms with van der Waals surface area (Å²) >= 11 is 0. The van der Waals surface area contributed by atoms with Gasteiger partial charge in [-0.05, 0) is 60.4 Å². The highest BCUT2D eigenvalue weighted by Gasteiger charge is 2.26. The fourth-order valence-corrected chi connectivity index (χ4v) is 2.57. The summed E-state index contributed by atoms with van der Waals surface area (Å²) in [6.45, 7) is 10.6. The van der Waals surface area contributed by atoms with Crippen LogP contribution in [0.1, 0.15) is 33.6 Å². The van der Waals surface area contributed by atoms with Gasteiger partial charge in [0.15, 0.2) is 0 Å². The number of nitrogens with one attached hydrogen (secondary N) is 1. The molecule has 0 aliphatic carbocycles. The van der Waals surface area contributed by atoms with Crippen LogP contribution >= 0.6 is 0 Å². The van der Waals surface area contributed by atoms with E-state index in [4.69, 9.17) is 0 Å². The van der Waals surface area contributed by atoms with Gasteiger partial charge in [-0.1, -0.05) is 6.92 Å². The van der Waals surface area contributed by atoms with Gasteiger partial charge in [-0.15, -0.1) is 0 Å². The predicted molar refractivity (Wildman–Crippen MR) is 70.9 cm³/mol. The average molecular weight is 227 g/mol. The van der Waals surface area contributed by atoms with Crippen molar-refractivity contribution in [1.29, 1.82) is 0 Å². The molecule has 0 saturated carbocycles. The molecule has 1 aliphatic heterocycles. The van der Waals surface area contributed by atoms with Gasteiger partial charge >= 0.3 is 0 Å². The lowest BCUT2D eigenvalue weighted by Gasteiger charge is -2.40. The molecule has 1 aliphatic rings. The maximum absolute atomic E-state index is 3.35. The lowest BCUT2D eigenvalue weighted by atomic mass is 10.0. The first-order valence-electron chi connectivity index (χ1n) is 6.71. The van der Waals surface area contributed by atoms with Gasteiger partial charge in [0, 0.05) is 18.1 Å². The second-order valence-corrected chi connectivity index (χ2v) is 5.15. The van der Waals surface area contributed by atoms with Crippen molar-refractivity contribution in [3.8, 4) is 0 Å². The van der Waals surface area contributed by atoms with Crippen LogP contribution in [0.2, 0.25) is 0 Å². The molecule has 0 aromatic heterocycles. The number of piperidine rings is 1. The molecule has 2 unspecified atom stereocenters. The highest BCUT2D eigenvalue weighted by Crippen LogP contribution is 2.18. The van der Waals surface area contributed by atoms with Crippen LogP contribution in [0.25, 0.3) is 0 Å². The highest BCUT2D eigenvalue weighted by atomic mass is 15.2. The van der Waals surface area contributed by atoms with Gasteiger partial charge in [-0.3, -0.25) is 4.90 Å². The maximum Gasteiger partial charge on any atom is 0.0218 e. The van der Waals surface area contributed by atoms with Gasteiger partial charge in [0.1, 0.15) is 0 Å². The molecule has 3 heteroatoms. The molecule has 1 heterocycles. The van der Waals surface area contributed by atoms with E-state index in [2.05, 4.69) is 50.0 Å². The molecule has 2 atom stereocenters. The Bertz CT molecular complexity index is 188. The molecule has 1 N–H and O–H groups in total. The van der Waals surface area contributed by atoms with E-state index >= 15 is 0 Å².